The molecule has 12 heteroatoms. The van der Waals surface area contributed by atoms with Crippen molar-refractivity contribution in [2.75, 3.05) is 80.4 Å². The van der Waals surface area contributed by atoms with Gasteiger partial charge in [-0.2, -0.15) is 0 Å². The van der Waals surface area contributed by atoms with E-state index in [1.807, 2.05) is 14.7 Å². The summed E-state index contributed by atoms with van der Waals surface area (Å²) in [6.45, 7) is 44.7. The highest BCUT2D eigenvalue weighted by Gasteiger charge is 2.33. The van der Waals surface area contributed by atoms with E-state index < -0.39 is 0 Å². The predicted octanol–water partition coefficient (Wildman–Crippen LogP) is 17.4. The van der Waals surface area contributed by atoms with Crippen molar-refractivity contribution in [2.45, 2.75) is 234 Å². The molecular weight excluding hydrogens is 1230 g/mol. The van der Waals surface area contributed by atoms with Gasteiger partial charge in [-0.05, 0) is 171 Å². The average Bonchev–Trinajstić information content (AvgIpc) is 1.16. The lowest BCUT2D eigenvalue weighted by atomic mass is 9.79. The quantitative estimate of drug-likeness (QED) is 0.118. The molecule has 0 spiro atoms. The summed E-state index contributed by atoms with van der Waals surface area (Å²) in [4.78, 5) is 49.0. The first-order valence-corrected chi connectivity index (χ1v) is 36.7. The van der Waals surface area contributed by atoms with Crippen molar-refractivity contribution in [1.29, 1.82) is 0 Å². The van der Waals surface area contributed by atoms with Gasteiger partial charge in [0.05, 0.1) is 21.3 Å². The van der Waals surface area contributed by atoms with Crippen LogP contribution < -0.4 is 28.4 Å². The van der Waals surface area contributed by atoms with Crippen molar-refractivity contribution < 1.29 is 42.8 Å². The lowest BCUT2D eigenvalue weighted by molar-refractivity contribution is -0.133. The fourth-order valence-electron chi connectivity index (χ4n) is 14.8. The van der Waals surface area contributed by atoms with Gasteiger partial charge in [-0.15, -0.1) is 0 Å². The number of carbonyl (C=O) groups excluding carboxylic acids is 3. The second kappa shape index (κ2) is 29.2. The third-order valence-corrected chi connectivity index (χ3v) is 20.9. The molecule has 10 rings (SSSR count). The Bertz CT molecular complexity index is 3410. The van der Waals surface area contributed by atoms with Gasteiger partial charge in [-0.1, -0.05) is 197 Å². The summed E-state index contributed by atoms with van der Waals surface area (Å²) >= 11 is 0. The van der Waals surface area contributed by atoms with Gasteiger partial charge in [0.25, 0.3) is 17.7 Å². The Kier molecular flexibility index (Phi) is 21.9. The molecule has 0 aromatic heterocycles. The molecule has 3 aliphatic heterocycles. The molecule has 0 radical (unpaired) electrons. The van der Waals surface area contributed by atoms with Crippen LogP contribution in [0, 0.1) is 0 Å². The normalized spacial score (nSPS) is 15.8. The van der Waals surface area contributed by atoms with E-state index in [-0.39, 0.29) is 70.0 Å². The smallest absolute Gasteiger partial charge is 0.260 e. The number of hydrogen-bond acceptors (Lipinski definition) is 9. The lowest BCUT2D eigenvalue weighted by Gasteiger charge is -2.29. The van der Waals surface area contributed by atoms with Crippen LogP contribution in [0.3, 0.4) is 0 Å². The maximum atomic E-state index is 14.4. The van der Waals surface area contributed by atoms with Crippen LogP contribution in [0.1, 0.15) is 263 Å². The molecule has 0 unspecified atom stereocenters. The van der Waals surface area contributed by atoms with Crippen LogP contribution in [0.25, 0.3) is 0 Å². The molecule has 0 atom stereocenters. The summed E-state index contributed by atoms with van der Waals surface area (Å²) in [5, 5.41) is 0. The average molecular weight is 1350 g/mol. The Morgan fingerprint density at radius 1 is 0.263 bits per heavy atom. The van der Waals surface area contributed by atoms with Gasteiger partial charge in [0, 0.05) is 77.8 Å². The number of hydrogen-bond donors (Lipinski definition) is 0. The van der Waals surface area contributed by atoms with E-state index in [0.717, 1.165) is 156 Å². The molecule has 0 saturated carbocycles. The molecule has 6 aromatic rings. The molecule has 3 amide bonds. The number of fused-ring (bicyclic) bond motifs is 12. The van der Waals surface area contributed by atoms with Crippen molar-refractivity contribution in [3.8, 4) is 34.5 Å². The van der Waals surface area contributed by atoms with E-state index in [4.69, 9.17) is 28.4 Å². The summed E-state index contributed by atoms with van der Waals surface area (Å²) in [5.41, 5.74) is 16.7. The first kappa shape index (κ1) is 74.2. The molecule has 6 aromatic carbocycles. The zero-order valence-electron chi connectivity index (χ0n) is 64.3. The topological polar surface area (TPSA) is 116 Å². The van der Waals surface area contributed by atoms with Crippen LogP contribution in [-0.4, -0.2) is 113 Å². The van der Waals surface area contributed by atoms with Gasteiger partial charge in [0.1, 0.15) is 34.5 Å². The Morgan fingerprint density at radius 2 is 0.404 bits per heavy atom. The molecular formula is C87H117N3O9. The third kappa shape index (κ3) is 17.3. The van der Waals surface area contributed by atoms with E-state index in [9.17, 15) is 14.4 Å². The SMILES string of the molecule is COc1c2cc(C(C)(C)C)cc1Cc1cc(C(C)(C)C)cc(c1OCC(=O)N1CCCC1)Cc1cc(C(C)(C)C)cc(c1OC)Cc1cc(C(C)(C)C)cc(c1OCC(=O)N1CCCC1)Cc1cc(C(C)(C)C)cc(c1OC)Cc1cc(C(C)(C)C)cc(c1OCC(=O)N1CCCC1)C2. The summed E-state index contributed by atoms with van der Waals surface area (Å²) in [6, 6.07) is 27.7. The van der Waals surface area contributed by atoms with Crippen molar-refractivity contribution in [2.24, 2.45) is 0 Å². The van der Waals surface area contributed by atoms with Crippen LogP contribution in [-0.2, 0) is 85.4 Å². The minimum Gasteiger partial charge on any atom is -0.496 e. The second-order valence-electron chi connectivity index (χ2n) is 35.0. The van der Waals surface area contributed by atoms with Crippen LogP contribution in [0.2, 0.25) is 0 Å². The number of likely N-dealkylation sites (tertiary alicyclic amines) is 3. The maximum absolute atomic E-state index is 14.4. The molecule has 3 saturated heterocycles. The first-order chi connectivity index (χ1) is 46.4. The van der Waals surface area contributed by atoms with Crippen molar-refractivity contribution in [1.82, 2.24) is 14.7 Å². The molecule has 3 heterocycles. The minimum absolute atomic E-state index is 0.0255. The van der Waals surface area contributed by atoms with Crippen molar-refractivity contribution in [3.63, 3.8) is 0 Å². The highest BCUT2D eigenvalue weighted by molar-refractivity contribution is 5.79. The van der Waals surface area contributed by atoms with E-state index >= 15 is 0 Å². The number of ether oxygens (including phenoxy) is 6. The maximum Gasteiger partial charge on any atom is 0.260 e. The molecule has 4 aliphatic rings. The summed E-state index contributed by atoms with van der Waals surface area (Å²) in [5.74, 6) is 4.23. The van der Waals surface area contributed by atoms with Crippen LogP contribution in [0.4, 0.5) is 0 Å². The number of benzene rings is 6. The van der Waals surface area contributed by atoms with Gasteiger partial charge >= 0.3 is 0 Å². The summed E-state index contributed by atoms with van der Waals surface area (Å²) < 4.78 is 42.0. The van der Waals surface area contributed by atoms with Crippen LogP contribution in [0.5, 0.6) is 34.5 Å². The number of carbonyl (C=O) groups is 3. The standard InChI is InChI=1S/C87H117N3O9/c1-82(2,3)67-40-55-34-61-46-70(85(10,11)12)48-63(79(61)97-52-73(91)88-28-22-23-29-88)36-57-42-68(83(4,5)6)44-59(77(57)95-20)38-65-50-72(87(16,17)18)51-66(81(65)99-54-75(93)90-32-26-27-33-90)39-60-45-69(84(7,8)9)43-58(78(60)96-21)37-64-49-71(86(13,14)15)47-62(35-56(41-67)76(55)94-19)80(64)98-53-74(92)89-30-24-25-31-89/h40-51H,22-39,52-54H2,1-21H3. The Morgan fingerprint density at radius 3 is 0.535 bits per heavy atom. The van der Waals surface area contributed by atoms with Gasteiger partial charge < -0.3 is 43.1 Å². The highest BCUT2D eigenvalue weighted by atomic mass is 16.5. The van der Waals surface area contributed by atoms with E-state index in [2.05, 4.69) is 197 Å². The Labute approximate surface area is 594 Å². The van der Waals surface area contributed by atoms with E-state index in [0.29, 0.717) is 95.0 Å². The molecule has 12 nitrogen and oxygen atoms in total. The van der Waals surface area contributed by atoms with Gasteiger partial charge in [-0.25, -0.2) is 0 Å². The highest BCUT2D eigenvalue weighted by Crippen LogP contribution is 2.47. The van der Waals surface area contributed by atoms with E-state index in [1.165, 1.54) is 0 Å². The van der Waals surface area contributed by atoms with Crippen molar-refractivity contribution in [3.05, 3.63) is 173 Å². The van der Waals surface area contributed by atoms with E-state index in [1.54, 1.807) is 21.3 Å². The minimum atomic E-state index is -0.301. The zero-order valence-corrected chi connectivity index (χ0v) is 64.3. The number of rotatable bonds is 12. The van der Waals surface area contributed by atoms with Crippen LogP contribution >= 0.6 is 0 Å². The second-order valence-corrected chi connectivity index (χ2v) is 35.0. The zero-order chi connectivity index (χ0) is 71.9. The number of methoxy groups -OCH3 is 3. The lowest BCUT2D eigenvalue weighted by Crippen LogP contribution is -2.32. The largest absolute Gasteiger partial charge is 0.496 e. The van der Waals surface area contributed by atoms with Gasteiger partial charge in [-0.3, -0.25) is 14.4 Å². The predicted molar refractivity (Wildman–Crippen MR) is 401 cm³/mol. The molecule has 1 aliphatic carbocycles. The third-order valence-electron chi connectivity index (χ3n) is 20.9. The monoisotopic (exact) mass is 1350 g/mol. The number of nitrogens with zero attached hydrogens (tertiary/aromatic N) is 3. The number of amides is 3. The Balaban J connectivity index is 1.32. The first-order valence-electron chi connectivity index (χ1n) is 36.7. The molecule has 534 valence electrons. The summed E-state index contributed by atoms with van der Waals surface area (Å²) in [7, 11) is 5.34. The fourth-order valence-corrected chi connectivity index (χ4v) is 14.8. The molecule has 3 fully saturated rings. The summed E-state index contributed by atoms with van der Waals surface area (Å²) in [6.07, 6.45) is 8.40. The van der Waals surface area contributed by atoms with Crippen molar-refractivity contribution >= 4 is 17.7 Å². The Hall–Kier alpha value is -7.47. The molecule has 12 bridgehead atoms. The van der Waals surface area contributed by atoms with Gasteiger partial charge in [0.15, 0.2) is 19.8 Å². The van der Waals surface area contributed by atoms with Gasteiger partial charge in [0.2, 0.25) is 0 Å². The fraction of sp³-hybridized carbons (Fsp3) is 0.552. The van der Waals surface area contributed by atoms with Crippen LogP contribution in [0.15, 0.2) is 72.8 Å². The molecule has 99 heavy (non-hydrogen) atoms. The molecule has 0 N–H and O–H groups in total.